The van der Waals surface area contributed by atoms with Gasteiger partial charge in [-0.1, -0.05) is 17.3 Å². The van der Waals surface area contributed by atoms with Gasteiger partial charge in [0, 0.05) is 18.5 Å². The number of carbonyl (C=O) groups excluding carboxylic acids is 1. The summed E-state index contributed by atoms with van der Waals surface area (Å²) in [6.07, 6.45) is 1.94. The second-order valence-corrected chi connectivity index (χ2v) is 6.39. The number of amides is 1. The van der Waals surface area contributed by atoms with E-state index in [9.17, 15) is 9.90 Å². The molecule has 6 heteroatoms. The zero-order valence-electron chi connectivity index (χ0n) is 12.9. The number of morpholine rings is 1. The Morgan fingerprint density at radius 3 is 3.09 bits per heavy atom. The topological polar surface area (TPSA) is 75.8 Å². The first-order valence-electron chi connectivity index (χ1n) is 8.11. The maximum absolute atomic E-state index is 12.8. The SMILES string of the molecule is O=C(Cc1noc2ccccc12)N1CCOC2C[C@H](CO)C[C@@H]21. The molecule has 6 nitrogen and oxygen atoms in total. The van der Waals surface area contributed by atoms with Gasteiger partial charge >= 0.3 is 0 Å². The summed E-state index contributed by atoms with van der Waals surface area (Å²) >= 11 is 0. The number of aliphatic hydroxyl groups excluding tert-OH is 1. The molecule has 3 atom stereocenters. The Balaban J connectivity index is 1.52. The van der Waals surface area contributed by atoms with Crippen molar-refractivity contribution < 1.29 is 19.2 Å². The van der Waals surface area contributed by atoms with E-state index in [1.807, 2.05) is 29.2 Å². The summed E-state index contributed by atoms with van der Waals surface area (Å²) in [4.78, 5) is 14.7. The van der Waals surface area contributed by atoms with E-state index in [1.165, 1.54) is 0 Å². The van der Waals surface area contributed by atoms with Crippen molar-refractivity contribution in [3.05, 3.63) is 30.0 Å². The first-order valence-corrected chi connectivity index (χ1v) is 8.11. The first kappa shape index (κ1) is 14.7. The maximum atomic E-state index is 12.8. The minimum Gasteiger partial charge on any atom is -0.396 e. The van der Waals surface area contributed by atoms with Gasteiger partial charge in [-0.2, -0.15) is 0 Å². The molecule has 0 radical (unpaired) electrons. The Morgan fingerprint density at radius 1 is 1.35 bits per heavy atom. The number of rotatable bonds is 3. The fourth-order valence-electron chi connectivity index (χ4n) is 3.82. The molecule has 122 valence electrons. The molecule has 2 fully saturated rings. The zero-order valence-corrected chi connectivity index (χ0v) is 12.9. The van der Waals surface area contributed by atoms with Crippen LogP contribution in [0.5, 0.6) is 0 Å². The second kappa shape index (κ2) is 5.94. The standard InChI is InChI=1S/C17H20N2O4/c20-10-11-7-14-16(8-11)22-6-5-19(14)17(21)9-13-12-3-1-2-4-15(12)23-18-13/h1-4,11,14,16,20H,5-10H2/t11-,14+,16?/m1/s1. The number of para-hydroxylation sites is 1. The lowest BCUT2D eigenvalue weighted by molar-refractivity contribution is -0.143. The van der Waals surface area contributed by atoms with Crippen LogP contribution in [0.1, 0.15) is 18.5 Å². The first-order chi connectivity index (χ1) is 11.3. The van der Waals surface area contributed by atoms with Crippen molar-refractivity contribution >= 4 is 16.9 Å². The predicted octanol–water partition coefficient (Wildman–Crippen LogP) is 1.37. The monoisotopic (exact) mass is 316 g/mol. The van der Waals surface area contributed by atoms with Crippen LogP contribution < -0.4 is 0 Å². The van der Waals surface area contributed by atoms with Gasteiger partial charge in [-0.05, 0) is 30.9 Å². The molecule has 2 aliphatic rings. The van der Waals surface area contributed by atoms with E-state index >= 15 is 0 Å². The molecule has 1 aliphatic heterocycles. The summed E-state index contributed by atoms with van der Waals surface area (Å²) in [5.41, 5.74) is 1.39. The smallest absolute Gasteiger partial charge is 0.229 e. The van der Waals surface area contributed by atoms with Crippen molar-refractivity contribution in [3.63, 3.8) is 0 Å². The Kier molecular flexibility index (Phi) is 3.79. The van der Waals surface area contributed by atoms with Gasteiger partial charge in [-0.3, -0.25) is 4.79 Å². The number of nitrogens with zero attached hydrogens (tertiary/aromatic N) is 2. The summed E-state index contributed by atoms with van der Waals surface area (Å²) in [6, 6.07) is 7.66. The van der Waals surface area contributed by atoms with Gasteiger partial charge in [0.1, 0.15) is 5.69 Å². The van der Waals surface area contributed by atoms with Crippen LogP contribution in [0.3, 0.4) is 0 Å². The highest BCUT2D eigenvalue weighted by Gasteiger charge is 2.42. The van der Waals surface area contributed by atoms with Gasteiger partial charge in [0.25, 0.3) is 0 Å². The van der Waals surface area contributed by atoms with E-state index in [1.54, 1.807) is 0 Å². The van der Waals surface area contributed by atoms with Gasteiger partial charge < -0.3 is 19.3 Å². The average molecular weight is 316 g/mol. The quantitative estimate of drug-likeness (QED) is 0.925. The minimum atomic E-state index is 0.0545. The van der Waals surface area contributed by atoms with Crippen molar-refractivity contribution in [1.82, 2.24) is 10.1 Å². The van der Waals surface area contributed by atoms with Crippen LogP contribution in [0.4, 0.5) is 0 Å². The number of ether oxygens (including phenoxy) is 1. The van der Waals surface area contributed by atoms with E-state index in [-0.39, 0.29) is 37.0 Å². The van der Waals surface area contributed by atoms with Crippen molar-refractivity contribution in [2.24, 2.45) is 5.92 Å². The van der Waals surface area contributed by atoms with Crippen LogP contribution in [-0.2, 0) is 16.0 Å². The molecule has 0 bridgehead atoms. The molecular weight excluding hydrogens is 296 g/mol. The molecule has 1 aliphatic carbocycles. The Labute approximate surface area is 134 Å². The van der Waals surface area contributed by atoms with Crippen LogP contribution in [0.15, 0.2) is 28.8 Å². The Bertz CT molecular complexity index is 713. The molecule has 4 rings (SSSR count). The number of aliphatic hydroxyl groups is 1. The Morgan fingerprint density at radius 2 is 2.22 bits per heavy atom. The van der Waals surface area contributed by atoms with E-state index in [4.69, 9.17) is 9.26 Å². The highest BCUT2D eigenvalue weighted by Crippen LogP contribution is 2.34. The number of carbonyl (C=O) groups is 1. The van der Waals surface area contributed by atoms with Crippen molar-refractivity contribution in [3.8, 4) is 0 Å². The summed E-state index contributed by atoms with van der Waals surface area (Å²) in [5, 5.41) is 14.3. The fourth-order valence-corrected chi connectivity index (χ4v) is 3.82. The number of hydrogen-bond donors (Lipinski definition) is 1. The molecule has 1 aromatic heterocycles. The molecule has 2 heterocycles. The predicted molar refractivity (Wildman–Crippen MR) is 82.8 cm³/mol. The summed E-state index contributed by atoms with van der Waals surface area (Å²) in [7, 11) is 0. The van der Waals surface area contributed by atoms with Crippen LogP contribution >= 0.6 is 0 Å². The van der Waals surface area contributed by atoms with Crippen LogP contribution in [0.25, 0.3) is 11.0 Å². The maximum Gasteiger partial charge on any atom is 0.229 e. The number of benzene rings is 1. The van der Waals surface area contributed by atoms with Crippen molar-refractivity contribution in [2.75, 3.05) is 19.8 Å². The van der Waals surface area contributed by atoms with E-state index in [0.29, 0.717) is 24.4 Å². The van der Waals surface area contributed by atoms with Crippen molar-refractivity contribution in [2.45, 2.75) is 31.4 Å². The lowest BCUT2D eigenvalue weighted by Crippen LogP contribution is -2.51. The number of hydrogen-bond acceptors (Lipinski definition) is 5. The molecule has 1 aromatic carbocycles. The fraction of sp³-hybridized carbons (Fsp3) is 0.529. The Hall–Kier alpha value is -1.92. The van der Waals surface area contributed by atoms with E-state index in [2.05, 4.69) is 5.16 Å². The second-order valence-electron chi connectivity index (χ2n) is 6.39. The van der Waals surface area contributed by atoms with Crippen LogP contribution in [0, 0.1) is 5.92 Å². The molecule has 1 N–H and O–H groups in total. The minimum absolute atomic E-state index is 0.0545. The summed E-state index contributed by atoms with van der Waals surface area (Å²) in [5.74, 6) is 0.284. The van der Waals surface area contributed by atoms with Crippen LogP contribution in [-0.4, -0.2) is 53.0 Å². The van der Waals surface area contributed by atoms with Gasteiger partial charge in [-0.25, -0.2) is 0 Å². The zero-order chi connectivity index (χ0) is 15.8. The third-order valence-corrected chi connectivity index (χ3v) is 4.98. The van der Waals surface area contributed by atoms with Crippen LogP contribution in [0.2, 0.25) is 0 Å². The summed E-state index contributed by atoms with van der Waals surface area (Å²) in [6.45, 7) is 1.32. The molecule has 1 saturated carbocycles. The van der Waals surface area contributed by atoms with E-state index in [0.717, 1.165) is 18.2 Å². The third-order valence-electron chi connectivity index (χ3n) is 4.98. The van der Waals surface area contributed by atoms with Gasteiger partial charge in [0.2, 0.25) is 5.91 Å². The number of fused-ring (bicyclic) bond motifs is 2. The normalized spacial score (nSPS) is 27.3. The lowest BCUT2D eigenvalue weighted by atomic mass is 10.1. The van der Waals surface area contributed by atoms with Gasteiger partial charge in [-0.15, -0.1) is 0 Å². The number of aromatic nitrogens is 1. The molecule has 23 heavy (non-hydrogen) atoms. The molecule has 2 aromatic rings. The molecule has 1 saturated heterocycles. The van der Waals surface area contributed by atoms with E-state index < -0.39 is 0 Å². The highest BCUT2D eigenvalue weighted by atomic mass is 16.5. The van der Waals surface area contributed by atoms with Gasteiger partial charge in [0.15, 0.2) is 5.58 Å². The average Bonchev–Trinajstić information content (AvgIpc) is 3.18. The summed E-state index contributed by atoms with van der Waals surface area (Å²) < 4.78 is 11.1. The molecular formula is C17H20N2O4. The molecule has 1 amide bonds. The van der Waals surface area contributed by atoms with Gasteiger partial charge in [0.05, 0.1) is 25.2 Å². The largest absolute Gasteiger partial charge is 0.396 e. The molecule has 1 unspecified atom stereocenters. The third kappa shape index (κ3) is 2.62. The lowest BCUT2D eigenvalue weighted by Gasteiger charge is -2.37. The molecule has 0 spiro atoms. The van der Waals surface area contributed by atoms with Crippen molar-refractivity contribution in [1.29, 1.82) is 0 Å². The highest BCUT2D eigenvalue weighted by molar-refractivity contribution is 5.86.